The molecule has 0 aliphatic carbocycles. The lowest BCUT2D eigenvalue weighted by Gasteiger charge is -2.35. The van der Waals surface area contributed by atoms with Crippen molar-refractivity contribution < 1.29 is 28.2 Å². The lowest BCUT2D eigenvalue weighted by Crippen LogP contribution is -2.53. The number of aromatic nitrogens is 2. The average molecular weight is 513 g/mol. The minimum Gasteiger partial charge on any atom is -0.507 e. The number of hydrogen-bond acceptors (Lipinski definition) is 5. The molecule has 4 rings (SSSR count). The minimum atomic E-state index is -0.816. The zero-order valence-electron chi connectivity index (χ0n) is 20.9. The maximum Gasteiger partial charge on any atom is 0.255 e. The van der Waals surface area contributed by atoms with Crippen LogP contribution in [0, 0.1) is 17.6 Å². The highest BCUT2D eigenvalue weighted by atomic mass is 19.1. The van der Waals surface area contributed by atoms with Gasteiger partial charge in [-0.1, -0.05) is 13.8 Å². The quantitative estimate of drug-likeness (QED) is 0.501. The topological polar surface area (TPSA) is 96.7 Å². The zero-order chi connectivity index (χ0) is 26.7. The van der Waals surface area contributed by atoms with Crippen LogP contribution in [0.25, 0.3) is 11.1 Å². The molecule has 37 heavy (non-hydrogen) atoms. The normalized spacial score (nSPS) is 15.0. The van der Waals surface area contributed by atoms with Crippen LogP contribution in [0.1, 0.15) is 37.0 Å². The molecule has 1 aromatic heterocycles. The number of carbonyl (C=O) groups is 2. The summed E-state index contributed by atoms with van der Waals surface area (Å²) in [6, 6.07) is 6.66. The Morgan fingerprint density at radius 1 is 1.11 bits per heavy atom. The van der Waals surface area contributed by atoms with Gasteiger partial charge in [-0.15, -0.1) is 0 Å². The van der Waals surface area contributed by atoms with Crippen molar-refractivity contribution in [3.63, 3.8) is 0 Å². The molecule has 2 aromatic carbocycles. The second-order valence-corrected chi connectivity index (χ2v) is 9.54. The van der Waals surface area contributed by atoms with E-state index in [0.29, 0.717) is 37.2 Å². The number of carbonyl (C=O) groups excluding carboxylic acids is 2. The first kappa shape index (κ1) is 26.1. The Labute approximate surface area is 213 Å². The van der Waals surface area contributed by atoms with Crippen LogP contribution in [0.4, 0.5) is 8.78 Å². The molecule has 1 aliphatic rings. The molecule has 2 N–H and O–H groups in total. The first-order chi connectivity index (χ1) is 17.6. The molecule has 8 nitrogen and oxygen atoms in total. The highest BCUT2D eigenvalue weighted by Gasteiger charge is 2.32. The summed E-state index contributed by atoms with van der Waals surface area (Å²) >= 11 is 0. The van der Waals surface area contributed by atoms with Crippen molar-refractivity contribution in [3.8, 4) is 22.6 Å². The molecule has 1 saturated heterocycles. The van der Waals surface area contributed by atoms with Gasteiger partial charge in [0, 0.05) is 56.4 Å². The van der Waals surface area contributed by atoms with Crippen molar-refractivity contribution in [1.82, 2.24) is 20.0 Å². The second-order valence-electron chi connectivity index (χ2n) is 9.54. The molecule has 0 saturated carbocycles. The number of phenolic OH excluding ortho intramolecular Hbond substituents is 1. The lowest BCUT2D eigenvalue weighted by molar-refractivity contribution is -0.136. The SMILES string of the molecule is CC(C)[C@H](NC(=O)c1ccc(F)cc1O)C(=O)N1CCC(Oc2ccc(F)cc2-c2cnn(C)c2)CC1. The highest BCUT2D eigenvalue weighted by molar-refractivity contribution is 5.99. The van der Waals surface area contributed by atoms with Crippen molar-refractivity contribution in [3.05, 3.63) is 66.0 Å². The third kappa shape index (κ3) is 6.07. The molecule has 196 valence electrons. The van der Waals surface area contributed by atoms with Crippen molar-refractivity contribution in [2.45, 2.75) is 38.8 Å². The Morgan fingerprint density at radius 2 is 1.78 bits per heavy atom. The van der Waals surface area contributed by atoms with Crippen LogP contribution in [0.5, 0.6) is 11.5 Å². The number of phenols is 1. The van der Waals surface area contributed by atoms with Crippen LogP contribution in [0.2, 0.25) is 0 Å². The van der Waals surface area contributed by atoms with Crippen LogP contribution in [0.15, 0.2) is 48.8 Å². The molecule has 1 fully saturated rings. The van der Waals surface area contributed by atoms with Crippen LogP contribution in [-0.4, -0.2) is 56.8 Å². The van der Waals surface area contributed by atoms with E-state index in [4.69, 9.17) is 4.74 Å². The third-order valence-corrected chi connectivity index (χ3v) is 6.43. The second kappa shape index (κ2) is 11.0. The van der Waals surface area contributed by atoms with Gasteiger partial charge < -0.3 is 20.1 Å². The van der Waals surface area contributed by atoms with E-state index in [1.165, 1.54) is 18.2 Å². The standard InChI is InChI=1S/C27H30F2N4O4/c1-16(2)25(31-26(35)21-6-4-19(29)13-23(21)34)27(36)33-10-8-20(9-11-33)37-24-7-5-18(28)12-22(24)17-14-30-32(3)15-17/h4-7,12-16,20,25,34H,8-11H2,1-3H3,(H,31,35)/t25-/m0/s1. The van der Waals surface area contributed by atoms with Gasteiger partial charge in [-0.05, 0) is 36.2 Å². The molecule has 2 amide bonds. The van der Waals surface area contributed by atoms with Gasteiger partial charge in [0.1, 0.15) is 35.3 Å². The first-order valence-electron chi connectivity index (χ1n) is 12.2. The van der Waals surface area contributed by atoms with Gasteiger partial charge in [0.2, 0.25) is 5.91 Å². The van der Waals surface area contributed by atoms with Crippen molar-refractivity contribution in [2.24, 2.45) is 13.0 Å². The fourth-order valence-electron chi connectivity index (χ4n) is 4.39. The molecular formula is C27H30F2N4O4. The van der Waals surface area contributed by atoms with E-state index in [0.717, 1.165) is 17.7 Å². The minimum absolute atomic E-state index is 0.101. The van der Waals surface area contributed by atoms with Crippen LogP contribution in [0.3, 0.4) is 0 Å². The van der Waals surface area contributed by atoms with Gasteiger partial charge in [0.05, 0.1) is 11.8 Å². The fourth-order valence-corrected chi connectivity index (χ4v) is 4.39. The largest absolute Gasteiger partial charge is 0.507 e. The van der Waals surface area contributed by atoms with E-state index in [9.17, 15) is 23.5 Å². The predicted octanol–water partition coefficient (Wildman–Crippen LogP) is 3.90. The number of likely N-dealkylation sites (tertiary alicyclic amines) is 1. The summed E-state index contributed by atoms with van der Waals surface area (Å²) in [5, 5.41) is 16.8. The number of amides is 2. The van der Waals surface area contributed by atoms with Crippen LogP contribution < -0.4 is 10.1 Å². The summed E-state index contributed by atoms with van der Waals surface area (Å²) in [6.45, 7) is 4.48. The van der Waals surface area contributed by atoms with Crippen molar-refractivity contribution >= 4 is 11.8 Å². The van der Waals surface area contributed by atoms with Gasteiger partial charge >= 0.3 is 0 Å². The number of benzene rings is 2. The Balaban J connectivity index is 1.39. The van der Waals surface area contributed by atoms with Gasteiger partial charge in [0.15, 0.2) is 0 Å². The predicted molar refractivity (Wildman–Crippen MR) is 133 cm³/mol. The highest BCUT2D eigenvalue weighted by Crippen LogP contribution is 2.32. The first-order valence-corrected chi connectivity index (χ1v) is 12.2. The summed E-state index contributed by atoms with van der Waals surface area (Å²) in [7, 11) is 1.78. The number of aromatic hydroxyl groups is 1. The average Bonchev–Trinajstić information content (AvgIpc) is 3.29. The monoisotopic (exact) mass is 512 g/mol. The maximum atomic E-state index is 14.0. The molecule has 0 unspecified atom stereocenters. The smallest absolute Gasteiger partial charge is 0.255 e. The van der Waals surface area contributed by atoms with Gasteiger partial charge in [0.25, 0.3) is 5.91 Å². The number of ether oxygens (including phenoxy) is 1. The summed E-state index contributed by atoms with van der Waals surface area (Å²) in [6.07, 6.45) is 4.39. The molecule has 0 spiro atoms. The summed E-state index contributed by atoms with van der Waals surface area (Å²) in [5.41, 5.74) is 1.25. The number of aryl methyl sites for hydroxylation is 1. The Bertz CT molecular complexity index is 1290. The Kier molecular flexibility index (Phi) is 7.75. The number of nitrogens with zero attached hydrogens (tertiary/aromatic N) is 3. The van der Waals surface area contributed by atoms with Gasteiger partial charge in [-0.3, -0.25) is 14.3 Å². The maximum absolute atomic E-state index is 14.0. The van der Waals surface area contributed by atoms with E-state index < -0.39 is 23.5 Å². The van der Waals surface area contributed by atoms with Gasteiger partial charge in [-0.25, -0.2) is 8.78 Å². The van der Waals surface area contributed by atoms with E-state index in [2.05, 4.69) is 10.4 Å². The third-order valence-electron chi connectivity index (χ3n) is 6.43. The molecule has 1 atom stereocenters. The van der Waals surface area contributed by atoms with E-state index in [1.807, 2.05) is 13.8 Å². The zero-order valence-corrected chi connectivity index (χ0v) is 20.9. The van der Waals surface area contributed by atoms with Crippen LogP contribution >= 0.6 is 0 Å². The van der Waals surface area contributed by atoms with Gasteiger partial charge in [-0.2, -0.15) is 5.10 Å². The number of hydrogen-bond donors (Lipinski definition) is 2. The number of halogens is 2. The Hall–Kier alpha value is -3.95. The van der Waals surface area contributed by atoms with Crippen molar-refractivity contribution in [1.29, 1.82) is 0 Å². The summed E-state index contributed by atoms with van der Waals surface area (Å²) in [5.74, 6) is -2.08. The number of piperidine rings is 1. The van der Waals surface area contributed by atoms with E-state index in [-0.39, 0.29) is 29.3 Å². The lowest BCUT2D eigenvalue weighted by atomic mass is 9.99. The number of rotatable bonds is 7. The summed E-state index contributed by atoms with van der Waals surface area (Å²) in [4.78, 5) is 27.7. The molecule has 10 heteroatoms. The van der Waals surface area contributed by atoms with Crippen molar-refractivity contribution in [2.75, 3.05) is 13.1 Å². The molecule has 2 heterocycles. The summed E-state index contributed by atoms with van der Waals surface area (Å²) < 4.78 is 35.1. The number of nitrogens with one attached hydrogen (secondary N) is 1. The van der Waals surface area contributed by atoms with E-state index >= 15 is 0 Å². The molecular weight excluding hydrogens is 482 g/mol. The molecule has 1 aliphatic heterocycles. The van der Waals surface area contributed by atoms with Crippen LogP contribution in [-0.2, 0) is 11.8 Å². The molecule has 0 radical (unpaired) electrons. The molecule has 3 aromatic rings. The van der Waals surface area contributed by atoms with E-state index in [1.54, 1.807) is 35.1 Å². The fraction of sp³-hybridized carbons (Fsp3) is 0.370. The molecule has 0 bridgehead atoms. The Morgan fingerprint density at radius 3 is 2.41 bits per heavy atom.